The van der Waals surface area contributed by atoms with Crippen LogP contribution < -0.4 is 0 Å². The van der Waals surface area contributed by atoms with Gasteiger partial charge in [0.25, 0.3) is 5.91 Å². The molecule has 2 fully saturated rings. The third kappa shape index (κ3) is 4.10. The molecule has 0 spiro atoms. The number of allylic oxidation sites excluding steroid dienone is 1. The van der Waals surface area contributed by atoms with Gasteiger partial charge in [-0.3, -0.25) is 4.79 Å². The molecule has 0 unspecified atom stereocenters. The molecule has 0 aromatic rings. The molecule has 1 saturated heterocycles. The molecule has 6 heteroatoms. The number of nitrogens with zero attached hydrogens (tertiary/aromatic N) is 1. The van der Waals surface area contributed by atoms with E-state index in [2.05, 4.69) is 0 Å². The highest BCUT2D eigenvalue weighted by atomic mass is 16.7. The van der Waals surface area contributed by atoms with Crippen molar-refractivity contribution in [1.29, 1.82) is 0 Å². The predicted molar refractivity (Wildman–Crippen MR) is 88.0 cm³/mol. The van der Waals surface area contributed by atoms with Crippen molar-refractivity contribution >= 4 is 5.91 Å². The van der Waals surface area contributed by atoms with Crippen LogP contribution in [0.25, 0.3) is 0 Å². The van der Waals surface area contributed by atoms with E-state index in [4.69, 9.17) is 14.2 Å². The zero-order chi connectivity index (χ0) is 16.9. The summed E-state index contributed by atoms with van der Waals surface area (Å²) in [7, 11) is 0. The first kappa shape index (κ1) is 17.7. The summed E-state index contributed by atoms with van der Waals surface area (Å²) in [5.74, 6) is 1.53. The largest absolute Gasteiger partial charge is 0.459 e. The van der Waals surface area contributed by atoms with Gasteiger partial charge in [0.05, 0.1) is 13.2 Å². The fourth-order valence-electron chi connectivity index (χ4n) is 3.72. The number of morpholine rings is 1. The molecule has 3 atom stereocenters. The van der Waals surface area contributed by atoms with Gasteiger partial charge in [-0.15, -0.1) is 0 Å². The molecule has 2 aliphatic heterocycles. The maximum atomic E-state index is 12.8. The highest BCUT2D eigenvalue weighted by molar-refractivity contribution is 5.91. The van der Waals surface area contributed by atoms with E-state index in [-0.39, 0.29) is 18.4 Å². The topological polar surface area (TPSA) is 68.2 Å². The molecule has 1 aliphatic carbocycles. The molecule has 24 heavy (non-hydrogen) atoms. The molecule has 3 aliphatic rings. The molecular formula is C18H29NO5. The van der Waals surface area contributed by atoms with Gasteiger partial charge < -0.3 is 24.2 Å². The minimum atomic E-state index is -0.392. The van der Waals surface area contributed by atoms with Crippen molar-refractivity contribution in [2.75, 3.05) is 39.5 Å². The van der Waals surface area contributed by atoms with E-state index in [1.54, 1.807) is 4.90 Å². The smallest absolute Gasteiger partial charge is 0.288 e. The Morgan fingerprint density at radius 2 is 2.12 bits per heavy atom. The van der Waals surface area contributed by atoms with Crippen molar-refractivity contribution in [1.82, 2.24) is 4.90 Å². The average molecular weight is 339 g/mol. The Balaban J connectivity index is 1.76. The second-order valence-electron chi connectivity index (χ2n) is 6.82. The van der Waals surface area contributed by atoms with Crippen LogP contribution in [0.1, 0.15) is 32.6 Å². The van der Waals surface area contributed by atoms with Crippen molar-refractivity contribution in [2.24, 2.45) is 17.8 Å². The second kappa shape index (κ2) is 8.32. The Bertz CT molecular complexity index is 456. The third-order valence-electron chi connectivity index (χ3n) is 5.13. The van der Waals surface area contributed by atoms with Crippen LogP contribution in [0.15, 0.2) is 11.8 Å². The fourth-order valence-corrected chi connectivity index (χ4v) is 3.72. The highest BCUT2D eigenvalue weighted by Crippen LogP contribution is 2.47. The number of rotatable bonds is 7. The van der Waals surface area contributed by atoms with Crippen LogP contribution in [-0.2, 0) is 19.0 Å². The molecule has 1 amide bonds. The Morgan fingerprint density at radius 3 is 2.75 bits per heavy atom. The molecule has 0 bridgehead atoms. The van der Waals surface area contributed by atoms with Gasteiger partial charge in [0.1, 0.15) is 0 Å². The van der Waals surface area contributed by atoms with Crippen molar-refractivity contribution in [3.63, 3.8) is 0 Å². The monoisotopic (exact) mass is 339 g/mol. The van der Waals surface area contributed by atoms with Gasteiger partial charge >= 0.3 is 0 Å². The average Bonchev–Trinajstić information content (AvgIpc) is 3.45. The lowest BCUT2D eigenvalue weighted by molar-refractivity contribution is -0.178. The van der Waals surface area contributed by atoms with E-state index >= 15 is 0 Å². The Morgan fingerprint density at radius 1 is 1.38 bits per heavy atom. The summed E-state index contributed by atoms with van der Waals surface area (Å²) in [5.41, 5.74) is 0. The first-order valence-corrected chi connectivity index (χ1v) is 9.22. The number of aliphatic hydroxyl groups is 1. The maximum absolute atomic E-state index is 12.8. The maximum Gasteiger partial charge on any atom is 0.288 e. The summed E-state index contributed by atoms with van der Waals surface area (Å²) < 4.78 is 17.1. The number of amides is 1. The molecule has 1 saturated carbocycles. The molecular weight excluding hydrogens is 310 g/mol. The second-order valence-corrected chi connectivity index (χ2v) is 6.82. The normalized spacial score (nSPS) is 30.7. The van der Waals surface area contributed by atoms with Crippen LogP contribution in [0, 0.1) is 17.8 Å². The predicted octanol–water partition coefficient (Wildman–Crippen LogP) is 1.54. The number of hydrogen-bond donors (Lipinski definition) is 1. The quantitative estimate of drug-likeness (QED) is 0.762. The fraction of sp³-hybridized carbons (Fsp3) is 0.833. The summed E-state index contributed by atoms with van der Waals surface area (Å²) in [6.45, 7) is 5.06. The number of hydrogen-bond acceptors (Lipinski definition) is 5. The molecule has 3 rings (SSSR count). The van der Waals surface area contributed by atoms with Crippen LogP contribution in [0.4, 0.5) is 0 Å². The van der Waals surface area contributed by atoms with E-state index in [9.17, 15) is 9.90 Å². The zero-order valence-electron chi connectivity index (χ0n) is 14.5. The molecule has 6 nitrogen and oxygen atoms in total. The van der Waals surface area contributed by atoms with Crippen molar-refractivity contribution in [2.45, 2.75) is 38.9 Å². The lowest BCUT2D eigenvalue weighted by Crippen LogP contribution is -2.45. The third-order valence-corrected chi connectivity index (χ3v) is 5.13. The summed E-state index contributed by atoms with van der Waals surface area (Å²) >= 11 is 0. The van der Waals surface area contributed by atoms with Crippen molar-refractivity contribution in [3.8, 4) is 0 Å². The van der Waals surface area contributed by atoms with Gasteiger partial charge in [-0.05, 0) is 50.5 Å². The molecule has 0 aromatic carbocycles. The summed E-state index contributed by atoms with van der Waals surface area (Å²) in [5, 5.41) is 9.19. The van der Waals surface area contributed by atoms with Gasteiger partial charge in [-0.25, -0.2) is 0 Å². The van der Waals surface area contributed by atoms with E-state index in [0.29, 0.717) is 50.5 Å². The van der Waals surface area contributed by atoms with Crippen LogP contribution in [0.2, 0.25) is 0 Å². The highest BCUT2D eigenvalue weighted by Gasteiger charge is 2.44. The van der Waals surface area contributed by atoms with Crippen LogP contribution in [0.5, 0.6) is 0 Å². The van der Waals surface area contributed by atoms with Gasteiger partial charge in [-0.2, -0.15) is 0 Å². The number of ether oxygens (including phenoxy) is 3. The minimum absolute atomic E-state index is 0.0470. The van der Waals surface area contributed by atoms with Gasteiger partial charge in [0.2, 0.25) is 6.29 Å². The Hall–Kier alpha value is -1.11. The van der Waals surface area contributed by atoms with E-state index in [0.717, 1.165) is 12.8 Å². The molecule has 0 radical (unpaired) electrons. The van der Waals surface area contributed by atoms with E-state index in [1.807, 2.05) is 13.0 Å². The van der Waals surface area contributed by atoms with E-state index in [1.165, 1.54) is 12.8 Å². The van der Waals surface area contributed by atoms with Crippen molar-refractivity contribution < 1.29 is 24.1 Å². The first-order chi connectivity index (χ1) is 11.7. The van der Waals surface area contributed by atoms with Crippen LogP contribution >= 0.6 is 0 Å². The summed E-state index contributed by atoms with van der Waals surface area (Å²) in [6, 6.07) is 0. The standard InChI is InChI=1S/C18H29NO5/c1-2-23-18-14(4-3-9-20)15(13-5-6-13)12-16(24-18)17(21)19-7-10-22-11-8-19/h12-15,18,20H,2-11H2,1H3/t14-,15-,18-/m0/s1. The van der Waals surface area contributed by atoms with Gasteiger partial charge in [-0.1, -0.05) is 0 Å². The van der Waals surface area contributed by atoms with E-state index < -0.39 is 6.29 Å². The molecule has 2 heterocycles. The molecule has 0 aromatic heterocycles. The van der Waals surface area contributed by atoms with Gasteiger partial charge in [0, 0.05) is 32.2 Å². The lowest BCUT2D eigenvalue weighted by atomic mass is 9.82. The Kier molecular flexibility index (Phi) is 6.14. The van der Waals surface area contributed by atoms with Crippen LogP contribution in [-0.4, -0.2) is 61.7 Å². The first-order valence-electron chi connectivity index (χ1n) is 9.22. The van der Waals surface area contributed by atoms with Crippen LogP contribution in [0.3, 0.4) is 0 Å². The van der Waals surface area contributed by atoms with Crippen molar-refractivity contribution in [3.05, 3.63) is 11.8 Å². The molecule has 1 N–H and O–H groups in total. The minimum Gasteiger partial charge on any atom is -0.459 e. The summed E-state index contributed by atoms with van der Waals surface area (Å²) in [4.78, 5) is 14.6. The zero-order valence-corrected chi connectivity index (χ0v) is 14.5. The van der Waals surface area contributed by atoms with Gasteiger partial charge in [0.15, 0.2) is 5.76 Å². The molecule has 136 valence electrons. The Labute approximate surface area is 143 Å². The number of aliphatic hydroxyl groups excluding tert-OH is 1. The summed E-state index contributed by atoms with van der Waals surface area (Å²) in [6.07, 6.45) is 5.65. The number of carbonyl (C=O) groups is 1. The SMILES string of the molecule is CCO[C@H]1OC(C(=O)N2CCOCC2)=C[C@@H](C2CC2)[C@@H]1CCCO. The number of carbonyl (C=O) groups excluding carboxylic acids is 1. The lowest BCUT2D eigenvalue weighted by Gasteiger charge is -2.38.